The van der Waals surface area contributed by atoms with Crippen molar-refractivity contribution < 1.29 is 14.2 Å². The van der Waals surface area contributed by atoms with E-state index < -0.39 is 0 Å². The van der Waals surface area contributed by atoms with E-state index in [1.165, 1.54) is 37.7 Å². The average Bonchev–Trinajstić information content (AvgIpc) is 2.63. The number of benzene rings is 1. The second-order valence-electron chi connectivity index (χ2n) is 6.75. The molecule has 0 aliphatic carbocycles. The Morgan fingerprint density at radius 3 is 2.29 bits per heavy atom. The first kappa shape index (κ1) is 19.3. The quantitative estimate of drug-likeness (QED) is 0.487. The number of hydrogen-bond donors (Lipinski definition) is 0. The highest BCUT2D eigenvalue weighted by atomic mass is 16.6. The topological polar surface area (TPSA) is 27.7 Å². The molecule has 0 aromatic heterocycles. The van der Waals surface area contributed by atoms with Crippen LogP contribution in [0, 0.1) is 0 Å². The van der Waals surface area contributed by atoms with E-state index in [0.717, 1.165) is 31.6 Å². The molecule has 2 rings (SSSR count). The lowest BCUT2D eigenvalue weighted by molar-refractivity contribution is -0.137. The third-order valence-corrected chi connectivity index (χ3v) is 4.61. The van der Waals surface area contributed by atoms with E-state index in [4.69, 9.17) is 14.2 Å². The fraction of sp³-hybridized carbons (Fsp3) is 0.714. The molecule has 3 nitrogen and oxygen atoms in total. The highest BCUT2D eigenvalue weighted by Gasteiger charge is 2.23. The molecule has 0 radical (unpaired) electrons. The van der Waals surface area contributed by atoms with Gasteiger partial charge in [-0.1, -0.05) is 64.5 Å². The van der Waals surface area contributed by atoms with Crippen molar-refractivity contribution in [2.45, 2.75) is 77.4 Å². The summed E-state index contributed by atoms with van der Waals surface area (Å²) in [5.74, 6) is 0.939. The highest BCUT2D eigenvalue weighted by Crippen LogP contribution is 2.26. The van der Waals surface area contributed by atoms with Crippen molar-refractivity contribution >= 4 is 0 Å². The molecule has 136 valence electrons. The second kappa shape index (κ2) is 11.5. The first-order valence-corrected chi connectivity index (χ1v) is 9.79. The molecule has 1 fully saturated rings. The van der Waals surface area contributed by atoms with Gasteiger partial charge in [0.2, 0.25) is 0 Å². The summed E-state index contributed by atoms with van der Waals surface area (Å²) in [6, 6.07) is 8.27. The number of hydrogen-bond acceptors (Lipinski definition) is 3. The van der Waals surface area contributed by atoms with E-state index in [1.54, 1.807) is 0 Å². The Morgan fingerprint density at radius 2 is 1.62 bits per heavy atom. The Balaban J connectivity index is 1.66. The Labute approximate surface area is 147 Å². The van der Waals surface area contributed by atoms with Crippen LogP contribution in [0.4, 0.5) is 0 Å². The van der Waals surface area contributed by atoms with Crippen molar-refractivity contribution in [3.63, 3.8) is 0 Å². The zero-order chi connectivity index (χ0) is 17.0. The van der Waals surface area contributed by atoms with Gasteiger partial charge in [0.1, 0.15) is 11.9 Å². The summed E-state index contributed by atoms with van der Waals surface area (Å²) in [6.45, 7) is 6.59. The fourth-order valence-corrected chi connectivity index (χ4v) is 2.99. The number of unbranched alkanes of at least 4 members (excludes halogenated alkanes) is 5. The predicted octanol–water partition coefficient (Wildman–Crippen LogP) is 5.68. The largest absolute Gasteiger partial charge is 0.494 e. The van der Waals surface area contributed by atoms with Gasteiger partial charge in [-0.25, -0.2) is 0 Å². The van der Waals surface area contributed by atoms with Crippen LogP contribution in [0.1, 0.15) is 76.9 Å². The van der Waals surface area contributed by atoms with Crippen LogP contribution >= 0.6 is 0 Å². The third-order valence-electron chi connectivity index (χ3n) is 4.61. The van der Waals surface area contributed by atoms with E-state index >= 15 is 0 Å². The lowest BCUT2D eigenvalue weighted by atomic mass is 10.1. The second-order valence-corrected chi connectivity index (χ2v) is 6.75. The molecule has 1 aromatic rings. The monoisotopic (exact) mass is 334 g/mol. The van der Waals surface area contributed by atoms with Crippen LogP contribution in [0.5, 0.6) is 5.75 Å². The fourth-order valence-electron chi connectivity index (χ4n) is 2.99. The first-order chi connectivity index (χ1) is 11.8. The molecule has 0 spiro atoms. The van der Waals surface area contributed by atoms with E-state index in [9.17, 15) is 0 Å². The van der Waals surface area contributed by atoms with Gasteiger partial charge in [0.25, 0.3) is 0 Å². The van der Waals surface area contributed by atoms with Gasteiger partial charge in [0, 0.05) is 0 Å². The minimum Gasteiger partial charge on any atom is -0.494 e. The molecule has 0 saturated carbocycles. The van der Waals surface area contributed by atoms with E-state index in [0.29, 0.717) is 13.2 Å². The van der Waals surface area contributed by atoms with Crippen molar-refractivity contribution in [2.75, 3.05) is 19.8 Å². The van der Waals surface area contributed by atoms with Crippen LogP contribution in [0.25, 0.3) is 0 Å². The molecular formula is C21H34O3. The van der Waals surface area contributed by atoms with E-state index in [1.807, 2.05) is 12.1 Å². The van der Waals surface area contributed by atoms with E-state index in [-0.39, 0.29) is 12.2 Å². The van der Waals surface area contributed by atoms with Crippen molar-refractivity contribution in [1.29, 1.82) is 0 Å². The standard InChI is InChI=1S/C21H34O3/c1-3-5-7-8-9-10-20-16-24-21(17-23-20)18-11-13-19(14-12-18)22-15-6-4-2/h11-14,20-21H,3-10,15-17H2,1-2H3/t20-,21-/m1/s1. The minimum absolute atomic E-state index is 0.0611. The van der Waals surface area contributed by atoms with E-state index in [2.05, 4.69) is 26.0 Å². The molecule has 24 heavy (non-hydrogen) atoms. The Hall–Kier alpha value is -1.06. The average molecular weight is 335 g/mol. The zero-order valence-corrected chi connectivity index (χ0v) is 15.5. The summed E-state index contributed by atoms with van der Waals surface area (Å²) in [6.07, 6.45) is 10.3. The van der Waals surface area contributed by atoms with Gasteiger partial charge in [-0.05, 0) is 30.5 Å². The molecule has 0 unspecified atom stereocenters. The Bertz CT molecular complexity index is 421. The van der Waals surface area contributed by atoms with Gasteiger partial charge in [-0.2, -0.15) is 0 Å². The maximum Gasteiger partial charge on any atom is 0.119 e. The van der Waals surface area contributed by atoms with Crippen LogP contribution in [-0.2, 0) is 9.47 Å². The molecule has 2 atom stereocenters. The molecule has 1 aliphatic rings. The van der Waals surface area contributed by atoms with Crippen LogP contribution in [0.15, 0.2) is 24.3 Å². The maximum atomic E-state index is 6.03. The summed E-state index contributed by atoms with van der Waals surface area (Å²) in [4.78, 5) is 0. The van der Waals surface area contributed by atoms with Gasteiger partial charge in [0.05, 0.1) is 25.9 Å². The van der Waals surface area contributed by atoms with Gasteiger partial charge in [0.15, 0.2) is 0 Å². The van der Waals surface area contributed by atoms with Crippen molar-refractivity contribution in [2.24, 2.45) is 0 Å². The summed E-state index contributed by atoms with van der Waals surface area (Å²) in [5, 5.41) is 0. The normalized spacial score (nSPS) is 20.9. The predicted molar refractivity (Wildman–Crippen MR) is 98.7 cm³/mol. The number of rotatable bonds is 11. The third kappa shape index (κ3) is 6.82. The van der Waals surface area contributed by atoms with Crippen molar-refractivity contribution in [3.8, 4) is 5.75 Å². The Morgan fingerprint density at radius 1 is 0.875 bits per heavy atom. The molecule has 0 amide bonds. The van der Waals surface area contributed by atoms with Crippen molar-refractivity contribution in [3.05, 3.63) is 29.8 Å². The minimum atomic E-state index is 0.0611. The molecule has 1 aromatic carbocycles. The Kier molecular flexibility index (Phi) is 9.22. The first-order valence-electron chi connectivity index (χ1n) is 9.79. The smallest absolute Gasteiger partial charge is 0.119 e. The molecule has 3 heteroatoms. The van der Waals surface area contributed by atoms with Gasteiger partial charge >= 0.3 is 0 Å². The van der Waals surface area contributed by atoms with Crippen LogP contribution in [0.2, 0.25) is 0 Å². The molecular weight excluding hydrogens is 300 g/mol. The molecule has 1 heterocycles. The van der Waals surface area contributed by atoms with Gasteiger partial charge < -0.3 is 14.2 Å². The highest BCUT2D eigenvalue weighted by molar-refractivity contribution is 5.28. The zero-order valence-electron chi connectivity index (χ0n) is 15.5. The van der Waals surface area contributed by atoms with Gasteiger partial charge in [-0.3, -0.25) is 0 Å². The summed E-state index contributed by atoms with van der Waals surface area (Å²) in [5.41, 5.74) is 1.18. The summed E-state index contributed by atoms with van der Waals surface area (Å²) in [7, 11) is 0. The van der Waals surface area contributed by atoms with Crippen LogP contribution in [-0.4, -0.2) is 25.9 Å². The molecule has 1 saturated heterocycles. The SMILES string of the molecule is CCCCCCC[C@@H]1CO[C@@H](c2ccc(OCCCC)cc2)CO1. The van der Waals surface area contributed by atoms with Crippen molar-refractivity contribution in [1.82, 2.24) is 0 Å². The lowest BCUT2D eigenvalue weighted by Crippen LogP contribution is -2.31. The summed E-state index contributed by atoms with van der Waals surface area (Å²) < 4.78 is 17.7. The number of ether oxygens (including phenoxy) is 3. The lowest BCUT2D eigenvalue weighted by Gasteiger charge is -2.30. The summed E-state index contributed by atoms with van der Waals surface area (Å²) >= 11 is 0. The molecule has 1 aliphatic heterocycles. The molecule has 0 N–H and O–H groups in total. The maximum absolute atomic E-state index is 6.03. The van der Waals surface area contributed by atoms with Gasteiger partial charge in [-0.15, -0.1) is 0 Å². The van der Waals surface area contributed by atoms with Crippen LogP contribution in [0.3, 0.4) is 0 Å². The molecule has 0 bridgehead atoms. The van der Waals surface area contributed by atoms with Crippen LogP contribution < -0.4 is 4.74 Å².